The minimum absolute atomic E-state index is 0. The van der Waals surface area contributed by atoms with Crippen molar-refractivity contribution in [2.75, 3.05) is 59.0 Å². The summed E-state index contributed by atoms with van der Waals surface area (Å²) in [4.78, 5) is 19.5. The first-order valence-electron chi connectivity index (χ1n) is 14.2. The van der Waals surface area contributed by atoms with Crippen LogP contribution in [0.5, 0.6) is 0 Å². The van der Waals surface area contributed by atoms with Crippen molar-refractivity contribution in [1.29, 1.82) is 0 Å². The fourth-order valence-corrected chi connectivity index (χ4v) is 5.64. The van der Waals surface area contributed by atoms with Crippen molar-refractivity contribution in [3.8, 4) is 0 Å². The van der Waals surface area contributed by atoms with Crippen LogP contribution in [0.3, 0.4) is 0 Å². The van der Waals surface area contributed by atoms with Gasteiger partial charge in [0.1, 0.15) is 0 Å². The number of rotatable bonds is 7. The molecule has 0 spiro atoms. The number of alkyl halides is 6. The predicted molar refractivity (Wildman–Crippen MR) is 166 cm³/mol. The predicted octanol–water partition coefficient (Wildman–Crippen LogP) is 6.98. The molecule has 0 unspecified atom stereocenters. The zero-order valence-corrected chi connectivity index (χ0v) is 26.0. The fourth-order valence-electron chi connectivity index (χ4n) is 5.64. The highest BCUT2D eigenvalue weighted by atomic mass is 35.5. The average Bonchev–Trinajstić information content (AvgIpc) is 2.98. The fraction of sp³-hybridized carbons (Fsp3) is 0.406. The van der Waals surface area contributed by atoms with Crippen molar-refractivity contribution in [3.05, 3.63) is 95.1 Å². The molecule has 0 aliphatic carbocycles. The third kappa shape index (κ3) is 9.59. The van der Waals surface area contributed by atoms with E-state index in [1.54, 1.807) is 0 Å². The summed E-state index contributed by atoms with van der Waals surface area (Å²) < 4.78 is 86.6. The number of amides is 1. The normalized spacial score (nSPS) is 18.5. The lowest BCUT2D eigenvalue weighted by Gasteiger charge is -2.41. The summed E-state index contributed by atoms with van der Waals surface area (Å²) in [5.74, 6) is -0.843. The van der Waals surface area contributed by atoms with E-state index in [9.17, 15) is 31.1 Å². The van der Waals surface area contributed by atoms with Crippen molar-refractivity contribution in [1.82, 2.24) is 14.7 Å². The van der Waals surface area contributed by atoms with E-state index in [-0.39, 0.29) is 37.4 Å². The van der Waals surface area contributed by atoms with Gasteiger partial charge in [-0.3, -0.25) is 14.6 Å². The largest absolute Gasteiger partial charge is 0.416 e. The summed E-state index contributed by atoms with van der Waals surface area (Å²) in [6, 6.07) is 14.3. The maximum Gasteiger partial charge on any atom is 0.416 e. The molecule has 1 atom stereocenters. The van der Waals surface area contributed by atoms with Crippen LogP contribution < -0.4 is 0 Å². The Labute approximate surface area is 270 Å². The molecule has 1 amide bonds. The molecule has 2 aliphatic rings. The van der Waals surface area contributed by atoms with Crippen LogP contribution in [0, 0.1) is 0 Å². The molecule has 3 aromatic carbocycles. The average molecular weight is 679 g/mol. The Kier molecular flexibility index (Phi) is 12.7. The molecule has 0 aromatic heterocycles. The van der Waals surface area contributed by atoms with E-state index in [0.29, 0.717) is 51.4 Å². The van der Waals surface area contributed by atoms with Crippen molar-refractivity contribution < 1.29 is 35.9 Å². The standard InChI is InChI=1S/C32H33F6N3O2.2ClH/c33-31(34,35)27-19-26(20-28(21-27)32(36,37)38)30(42)41-12-11-40(10-4-3-9-39-13-15-43-16-14-39)22-29(41)18-23-7-8-24-5-1-2-6-25(24)17-23;;/h1-8,17,19-21,29H,9-16,18,22H2;2*1H/t29-;;/m1../s1. The van der Waals surface area contributed by atoms with E-state index >= 15 is 0 Å². The Balaban J connectivity index is 0.00000276. The second-order valence-corrected chi connectivity index (χ2v) is 11.0. The van der Waals surface area contributed by atoms with Crippen molar-refractivity contribution in [2.24, 2.45) is 0 Å². The topological polar surface area (TPSA) is 36.0 Å². The molecule has 5 rings (SSSR count). The number of carbonyl (C=O) groups is 1. The molecule has 0 saturated carbocycles. The van der Waals surface area contributed by atoms with Crippen molar-refractivity contribution >= 4 is 41.5 Å². The van der Waals surface area contributed by atoms with Crippen molar-refractivity contribution in [3.63, 3.8) is 0 Å². The molecule has 3 aromatic rings. The zero-order chi connectivity index (χ0) is 30.6. The summed E-state index contributed by atoms with van der Waals surface area (Å²) in [5.41, 5.74) is -2.70. The molecule has 2 saturated heterocycles. The smallest absolute Gasteiger partial charge is 0.379 e. The summed E-state index contributed by atoms with van der Waals surface area (Å²) in [5, 5.41) is 2.04. The van der Waals surface area contributed by atoms with Crippen LogP contribution >= 0.6 is 24.8 Å². The van der Waals surface area contributed by atoms with Crippen LogP contribution in [0.1, 0.15) is 27.0 Å². The molecule has 13 heteroatoms. The van der Waals surface area contributed by atoms with Gasteiger partial charge >= 0.3 is 12.4 Å². The number of benzene rings is 3. The van der Waals surface area contributed by atoms with E-state index in [4.69, 9.17) is 4.74 Å². The van der Waals surface area contributed by atoms with Gasteiger partial charge in [-0.15, -0.1) is 24.8 Å². The lowest BCUT2D eigenvalue weighted by Crippen LogP contribution is -2.56. The molecule has 0 bridgehead atoms. The van der Waals surface area contributed by atoms with E-state index < -0.39 is 41.0 Å². The maximum atomic E-state index is 13.7. The Morgan fingerprint density at radius 3 is 1.98 bits per heavy atom. The molecule has 2 heterocycles. The molecule has 0 radical (unpaired) electrons. The summed E-state index contributed by atoms with van der Waals surface area (Å²) in [6.07, 6.45) is -5.53. The Bertz CT molecular complexity index is 1430. The lowest BCUT2D eigenvalue weighted by atomic mass is 9.97. The van der Waals surface area contributed by atoms with Crippen LogP contribution in [0.2, 0.25) is 0 Å². The minimum Gasteiger partial charge on any atom is -0.379 e. The van der Waals surface area contributed by atoms with Crippen molar-refractivity contribution in [2.45, 2.75) is 24.8 Å². The van der Waals surface area contributed by atoms with Crippen LogP contribution in [0.25, 0.3) is 10.8 Å². The summed E-state index contributed by atoms with van der Waals surface area (Å²) in [7, 11) is 0. The van der Waals surface area contributed by atoms with E-state index in [2.05, 4.69) is 22.0 Å². The number of fused-ring (bicyclic) bond motifs is 1. The second kappa shape index (κ2) is 15.6. The van der Waals surface area contributed by atoms with Gasteiger partial charge in [0.25, 0.3) is 5.91 Å². The Hall–Kier alpha value is -2.83. The maximum absolute atomic E-state index is 13.7. The molecule has 45 heavy (non-hydrogen) atoms. The third-order valence-electron chi connectivity index (χ3n) is 7.95. The number of morpholine rings is 1. The van der Waals surface area contributed by atoms with Crippen LogP contribution in [-0.2, 0) is 23.5 Å². The Morgan fingerprint density at radius 1 is 0.756 bits per heavy atom. The molecule has 0 N–H and O–H groups in total. The number of carbonyl (C=O) groups excluding carboxylic acids is 1. The molecule has 2 fully saturated rings. The number of hydrogen-bond donors (Lipinski definition) is 0. The Morgan fingerprint density at radius 2 is 1.36 bits per heavy atom. The SMILES string of the molecule is Cl.Cl.O=C(c1cc(C(F)(F)F)cc(C(F)(F)F)c1)N1CCN(CC=CCN2CCOCC2)C[C@H]1Cc1ccc2ccccc2c1. The first kappa shape index (κ1) is 36.6. The van der Waals surface area contributed by atoms with Crippen LogP contribution in [0.4, 0.5) is 26.3 Å². The highest BCUT2D eigenvalue weighted by molar-refractivity contribution is 5.95. The van der Waals surface area contributed by atoms with Gasteiger partial charge in [0, 0.05) is 57.4 Å². The van der Waals surface area contributed by atoms with Gasteiger partial charge in [0.15, 0.2) is 0 Å². The van der Waals surface area contributed by atoms with Crippen LogP contribution in [0.15, 0.2) is 72.8 Å². The van der Waals surface area contributed by atoms with Gasteiger partial charge < -0.3 is 9.64 Å². The number of halogens is 8. The first-order chi connectivity index (χ1) is 20.5. The number of nitrogens with zero attached hydrogens (tertiary/aromatic N) is 3. The minimum atomic E-state index is -5.03. The van der Waals surface area contributed by atoms with E-state index in [1.165, 1.54) is 4.90 Å². The number of ether oxygens (including phenoxy) is 1. The zero-order valence-electron chi connectivity index (χ0n) is 24.3. The number of hydrogen-bond acceptors (Lipinski definition) is 4. The van der Waals surface area contributed by atoms with Crippen LogP contribution in [-0.4, -0.2) is 85.7 Å². The first-order valence-corrected chi connectivity index (χ1v) is 14.2. The van der Waals surface area contributed by atoms with Gasteiger partial charge in [-0.2, -0.15) is 26.3 Å². The molecular weight excluding hydrogens is 643 g/mol. The third-order valence-corrected chi connectivity index (χ3v) is 7.95. The van der Waals surface area contributed by atoms with Gasteiger partial charge in [-0.1, -0.05) is 54.6 Å². The molecule has 5 nitrogen and oxygen atoms in total. The van der Waals surface area contributed by atoms with Gasteiger partial charge in [0.2, 0.25) is 0 Å². The lowest BCUT2D eigenvalue weighted by molar-refractivity contribution is -0.143. The molecule has 2 aliphatic heterocycles. The van der Waals surface area contributed by atoms with E-state index in [1.807, 2.05) is 42.5 Å². The van der Waals surface area contributed by atoms with Gasteiger partial charge in [-0.05, 0) is 41.0 Å². The highest BCUT2D eigenvalue weighted by Gasteiger charge is 2.39. The summed E-state index contributed by atoms with van der Waals surface area (Å²) in [6.45, 7) is 5.58. The monoisotopic (exact) mass is 677 g/mol. The quantitative estimate of drug-likeness (QED) is 0.200. The van der Waals surface area contributed by atoms with E-state index in [0.717, 1.165) is 36.0 Å². The summed E-state index contributed by atoms with van der Waals surface area (Å²) >= 11 is 0. The molecular formula is C32H35Cl2F6N3O2. The number of piperazine rings is 1. The van der Waals surface area contributed by atoms with Gasteiger partial charge in [-0.25, -0.2) is 0 Å². The molecule has 246 valence electrons. The van der Waals surface area contributed by atoms with Gasteiger partial charge in [0.05, 0.1) is 24.3 Å². The highest BCUT2D eigenvalue weighted by Crippen LogP contribution is 2.37. The second-order valence-electron chi connectivity index (χ2n) is 11.0.